The van der Waals surface area contributed by atoms with Crippen LogP contribution in [0, 0.1) is 16.7 Å². The van der Waals surface area contributed by atoms with Crippen LogP contribution in [0.15, 0.2) is 18.2 Å². The van der Waals surface area contributed by atoms with E-state index in [2.05, 4.69) is 45.1 Å². The molecule has 114 valence electrons. The number of rotatable bonds is 2. The maximum absolute atomic E-state index is 12.0. The van der Waals surface area contributed by atoms with Crippen molar-refractivity contribution in [3.05, 3.63) is 29.3 Å². The SMILES string of the molecule is CC1(C)C(=O)Nc2ccc(C(Cl)C3C(C)(C)C3(C)C)cc21. The van der Waals surface area contributed by atoms with Crippen molar-refractivity contribution in [3.8, 4) is 0 Å². The smallest absolute Gasteiger partial charge is 0.234 e. The molecule has 0 saturated heterocycles. The Kier molecular flexibility index (Phi) is 2.86. The van der Waals surface area contributed by atoms with Crippen molar-refractivity contribution >= 4 is 23.2 Å². The molecule has 1 aliphatic carbocycles. The number of carbonyl (C=O) groups is 1. The van der Waals surface area contributed by atoms with Crippen molar-refractivity contribution in [1.29, 1.82) is 0 Å². The third-order valence-corrected chi connectivity index (χ3v) is 6.78. The molecule has 0 radical (unpaired) electrons. The van der Waals surface area contributed by atoms with Crippen molar-refractivity contribution < 1.29 is 4.79 Å². The summed E-state index contributed by atoms with van der Waals surface area (Å²) in [5, 5.41) is 2.94. The van der Waals surface area contributed by atoms with Crippen LogP contribution >= 0.6 is 11.6 Å². The van der Waals surface area contributed by atoms with Crippen molar-refractivity contribution in [2.45, 2.75) is 52.3 Å². The number of amides is 1. The number of carbonyl (C=O) groups excluding carboxylic acids is 1. The molecule has 1 aromatic carbocycles. The van der Waals surface area contributed by atoms with Gasteiger partial charge in [0.1, 0.15) is 0 Å². The Labute approximate surface area is 132 Å². The third-order valence-electron chi connectivity index (χ3n) is 6.28. The number of benzene rings is 1. The molecule has 3 rings (SSSR count). The molecule has 2 aliphatic rings. The average Bonchev–Trinajstić information content (AvgIpc) is 2.65. The van der Waals surface area contributed by atoms with Crippen molar-refractivity contribution in [2.75, 3.05) is 5.32 Å². The van der Waals surface area contributed by atoms with Gasteiger partial charge in [0, 0.05) is 5.69 Å². The van der Waals surface area contributed by atoms with E-state index in [0.29, 0.717) is 5.92 Å². The lowest BCUT2D eigenvalue weighted by molar-refractivity contribution is -0.119. The fraction of sp³-hybridized carbons (Fsp3) is 0.611. The van der Waals surface area contributed by atoms with Gasteiger partial charge in [-0.3, -0.25) is 4.79 Å². The van der Waals surface area contributed by atoms with Gasteiger partial charge in [-0.25, -0.2) is 0 Å². The number of hydrogen-bond donors (Lipinski definition) is 1. The molecule has 2 nitrogen and oxygen atoms in total. The van der Waals surface area contributed by atoms with Crippen LogP contribution in [-0.2, 0) is 10.2 Å². The first-order valence-corrected chi connectivity index (χ1v) is 8.05. The van der Waals surface area contributed by atoms with E-state index in [1.54, 1.807) is 0 Å². The van der Waals surface area contributed by atoms with Gasteiger partial charge in [0.25, 0.3) is 0 Å². The van der Waals surface area contributed by atoms with Gasteiger partial charge in [0.2, 0.25) is 5.91 Å². The predicted octanol–water partition coefficient (Wildman–Crippen LogP) is 4.88. The van der Waals surface area contributed by atoms with Crippen LogP contribution < -0.4 is 5.32 Å². The molecule has 1 amide bonds. The summed E-state index contributed by atoms with van der Waals surface area (Å²) in [4.78, 5) is 12.0. The zero-order chi connectivity index (χ0) is 15.8. The molecule has 1 saturated carbocycles. The van der Waals surface area contributed by atoms with Gasteiger partial charge in [-0.15, -0.1) is 11.6 Å². The van der Waals surface area contributed by atoms with E-state index in [1.165, 1.54) is 0 Å². The number of alkyl halides is 1. The van der Waals surface area contributed by atoms with Gasteiger partial charge in [-0.05, 0) is 47.8 Å². The molecule has 1 fully saturated rings. The Hall–Kier alpha value is -1.02. The van der Waals surface area contributed by atoms with E-state index in [1.807, 2.05) is 19.9 Å². The van der Waals surface area contributed by atoms with Crippen molar-refractivity contribution in [2.24, 2.45) is 16.7 Å². The van der Waals surface area contributed by atoms with Gasteiger partial charge < -0.3 is 5.32 Å². The minimum absolute atomic E-state index is 0.00759. The van der Waals surface area contributed by atoms with Gasteiger partial charge >= 0.3 is 0 Å². The fourth-order valence-electron chi connectivity index (χ4n) is 3.93. The minimum Gasteiger partial charge on any atom is -0.325 e. The second-order valence-corrected chi connectivity index (χ2v) is 8.68. The van der Waals surface area contributed by atoms with Crippen LogP contribution in [0.25, 0.3) is 0 Å². The lowest BCUT2D eigenvalue weighted by atomic mass is 9.84. The Bertz CT molecular complexity index is 616. The normalized spacial score (nSPS) is 26.1. The summed E-state index contributed by atoms with van der Waals surface area (Å²) in [6.07, 6.45) is 0. The molecule has 1 aliphatic heterocycles. The van der Waals surface area contributed by atoms with Crippen LogP contribution in [0.4, 0.5) is 5.69 Å². The number of nitrogens with one attached hydrogen (secondary N) is 1. The molecule has 0 aromatic heterocycles. The fourth-order valence-corrected chi connectivity index (χ4v) is 4.70. The Morgan fingerprint density at radius 2 is 1.67 bits per heavy atom. The molecule has 3 heteroatoms. The molecule has 21 heavy (non-hydrogen) atoms. The first kappa shape index (κ1) is 14.9. The number of hydrogen-bond acceptors (Lipinski definition) is 1. The molecule has 1 heterocycles. The first-order valence-electron chi connectivity index (χ1n) is 7.61. The maximum atomic E-state index is 12.0. The zero-order valence-electron chi connectivity index (χ0n) is 13.7. The third kappa shape index (κ3) is 1.81. The second-order valence-electron chi connectivity index (χ2n) is 8.21. The summed E-state index contributed by atoms with van der Waals surface area (Å²) in [6, 6.07) is 6.17. The van der Waals surface area contributed by atoms with Crippen LogP contribution in [0.2, 0.25) is 0 Å². The van der Waals surface area contributed by atoms with Crippen molar-refractivity contribution in [3.63, 3.8) is 0 Å². The number of anilines is 1. The van der Waals surface area contributed by atoms with E-state index in [9.17, 15) is 4.79 Å². The summed E-state index contributed by atoms with van der Waals surface area (Å²) in [7, 11) is 0. The van der Waals surface area contributed by atoms with E-state index < -0.39 is 5.41 Å². The Balaban J connectivity index is 1.97. The molecule has 1 N–H and O–H groups in total. The van der Waals surface area contributed by atoms with E-state index in [0.717, 1.165) is 16.8 Å². The lowest BCUT2D eigenvalue weighted by Gasteiger charge is -2.18. The zero-order valence-corrected chi connectivity index (χ0v) is 14.4. The number of fused-ring (bicyclic) bond motifs is 1. The van der Waals surface area contributed by atoms with Crippen LogP contribution in [0.1, 0.15) is 58.0 Å². The van der Waals surface area contributed by atoms with Gasteiger partial charge in [-0.1, -0.05) is 39.8 Å². The Morgan fingerprint density at radius 3 is 2.19 bits per heavy atom. The largest absolute Gasteiger partial charge is 0.325 e. The molecule has 0 spiro atoms. The van der Waals surface area contributed by atoms with Crippen molar-refractivity contribution in [1.82, 2.24) is 0 Å². The highest BCUT2D eigenvalue weighted by molar-refractivity contribution is 6.21. The van der Waals surface area contributed by atoms with Crippen LogP contribution in [-0.4, -0.2) is 5.91 Å². The predicted molar refractivity (Wildman–Crippen MR) is 87.7 cm³/mol. The molecule has 1 atom stereocenters. The van der Waals surface area contributed by atoms with Gasteiger partial charge in [0.05, 0.1) is 10.8 Å². The maximum Gasteiger partial charge on any atom is 0.234 e. The van der Waals surface area contributed by atoms with E-state index in [-0.39, 0.29) is 22.1 Å². The standard InChI is InChI=1S/C18H24ClNO/c1-16(2)11-9-10(7-8-12(11)20-15(16)21)13(19)14-17(3,4)18(14,5)6/h7-9,13-14H,1-6H3,(H,20,21). The molecular formula is C18H24ClNO. The van der Waals surface area contributed by atoms with E-state index in [4.69, 9.17) is 11.6 Å². The Morgan fingerprint density at radius 1 is 1.10 bits per heavy atom. The van der Waals surface area contributed by atoms with Gasteiger partial charge in [-0.2, -0.15) is 0 Å². The first-order chi connectivity index (χ1) is 9.51. The molecule has 1 unspecified atom stereocenters. The monoisotopic (exact) mass is 305 g/mol. The lowest BCUT2D eigenvalue weighted by Crippen LogP contribution is -2.26. The average molecular weight is 306 g/mol. The second kappa shape index (κ2) is 4.04. The highest BCUT2D eigenvalue weighted by Crippen LogP contribution is 2.73. The molecule has 1 aromatic rings. The summed E-state index contributed by atoms with van der Waals surface area (Å²) < 4.78 is 0. The molecular weight excluding hydrogens is 282 g/mol. The number of halogens is 1. The molecule has 0 bridgehead atoms. The van der Waals surface area contributed by atoms with E-state index >= 15 is 0 Å². The summed E-state index contributed by atoms with van der Waals surface area (Å²) in [6.45, 7) is 13.1. The van der Waals surface area contributed by atoms with Gasteiger partial charge in [0.15, 0.2) is 0 Å². The summed E-state index contributed by atoms with van der Waals surface area (Å²) in [5.74, 6) is 0.519. The van der Waals surface area contributed by atoms with Crippen LogP contribution in [0.3, 0.4) is 0 Å². The highest BCUT2D eigenvalue weighted by atomic mass is 35.5. The quantitative estimate of drug-likeness (QED) is 0.775. The highest BCUT2D eigenvalue weighted by Gasteiger charge is 2.67. The summed E-state index contributed by atoms with van der Waals surface area (Å²) in [5.41, 5.74) is 3.14. The summed E-state index contributed by atoms with van der Waals surface area (Å²) >= 11 is 6.80. The minimum atomic E-state index is -0.476. The topological polar surface area (TPSA) is 29.1 Å². The van der Waals surface area contributed by atoms with Crippen LogP contribution in [0.5, 0.6) is 0 Å².